The monoisotopic (exact) mass is 269 g/mol. The summed E-state index contributed by atoms with van der Waals surface area (Å²) in [6.07, 6.45) is 4.66. The minimum absolute atomic E-state index is 0.0331. The molecule has 2 rings (SSSR count). The number of unbranched alkanes of at least 4 members (excludes halogenated alkanes) is 2. The Hall–Kier alpha value is -1.83. The van der Waals surface area contributed by atoms with Gasteiger partial charge in [-0.2, -0.15) is 0 Å². The number of rotatable bonds is 6. The van der Waals surface area contributed by atoms with Crippen LogP contribution in [0.3, 0.4) is 0 Å². The van der Waals surface area contributed by atoms with Gasteiger partial charge in [0, 0.05) is 11.6 Å². The normalized spacial score (nSPS) is 12.3. The van der Waals surface area contributed by atoms with E-state index in [2.05, 4.69) is 19.2 Å². The molecule has 0 radical (unpaired) electrons. The molecular weight excluding hydrogens is 246 g/mol. The number of benzene rings is 2. The number of nitrogens with one attached hydrogen (secondary N) is 1. The van der Waals surface area contributed by atoms with Crippen LogP contribution in [0.15, 0.2) is 42.5 Å². The molecular formula is C18H23NO. The molecule has 2 aromatic carbocycles. The zero-order chi connectivity index (χ0) is 14.4. The van der Waals surface area contributed by atoms with E-state index >= 15 is 0 Å². The van der Waals surface area contributed by atoms with E-state index in [0.29, 0.717) is 0 Å². The van der Waals surface area contributed by atoms with Crippen LogP contribution in [-0.2, 0) is 0 Å². The fraction of sp³-hybridized carbons (Fsp3) is 0.389. The zero-order valence-corrected chi connectivity index (χ0v) is 12.4. The van der Waals surface area contributed by atoms with Crippen molar-refractivity contribution in [2.45, 2.75) is 45.6 Å². The number of hydrogen-bond donors (Lipinski definition) is 1. The molecule has 0 aliphatic carbocycles. The standard InChI is InChI=1S/C18H23NO/c1-3-4-5-9-14(2)19-18(20)17-13-8-11-15-10-6-7-12-16(15)17/h6-8,10-14H,3-5,9H2,1-2H3,(H,19,20)/t14-/m1/s1. The van der Waals surface area contributed by atoms with Crippen molar-refractivity contribution in [1.29, 1.82) is 0 Å². The van der Waals surface area contributed by atoms with Crippen LogP contribution in [0, 0.1) is 0 Å². The molecule has 0 saturated carbocycles. The summed E-state index contributed by atoms with van der Waals surface area (Å²) in [4.78, 5) is 12.4. The molecule has 0 bridgehead atoms. The van der Waals surface area contributed by atoms with Gasteiger partial charge in [0.15, 0.2) is 0 Å². The molecule has 2 aromatic rings. The van der Waals surface area contributed by atoms with Crippen molar-refractivity contribution in [2.75, 3.05) is 0 Å². The predicted molar refractivity (Wildman–Crippen MR) is 85.0 cm³/mol. The van der Waals surface area contributed by atoms with Crippen molar-refractivity contribution >= 4 is 16.7 Å². The van der Waals surface area contributed by atoms with Crippen molar-refractivity contribution < 1.29 is 4.79 Å². The maximum Gasteiger partial charge on any atom is 0.252 e. The van der Waals surface area contributed by atoms with Crippen LogP contribution in [0.4, 0.5) is 0 Å². The first kappa shape index (κ1) is 14.6. The van der Waals surface area contributed by atoms with Gasteiger partial charge in [-0.1, -0.05) is 62.6 Å². The average Bonchev–Trinajstić information content (AvgIpc) is 2.47. The first-order chi connectivity index (χ1) is 9.72. The molecule has 0 spiro atoms. The maximum absolute atomic E-state index is 12.4. The molecule has 0 saturated heterocycles. The molecule has 106 valence electrons. The lowest BCUT2D eigenvalue weighted by Gasteiger charge is -2.14. The highest BCUT2D eigenvalue weighted by atomic mass is 16.1. The van der Waals surface area contributed by atoms with E-state index in [9.17, 15) is 4.79 Å². The quantitative estimate of drug-likeness (QED) is 0.766. The first-order valence-corrected chi connectivity index (χ1v) is 7.51. The van der Waals surface area contributed by atoms with Gasteiger partial charge in [-0.15, -0.1) is 0 Å². The molecule has 0 fully saturated rings. The lowest BCUT2D eigenvalue weighted by atomic mass is 10.0. The van der Waals surface area contributed by atoms with Gasteiger partial charge in [-0.25, -0.2) is 0 Å². The van der Waals surface area contributed by atoms with Crippen LogP contribution in [0.1, 0.15) is 49.9 Å². The van der Waals surface area contributed by atoms with Crippen LogP contribution in [0.5, 0.6) is 0 Å². The van der Waals surface area contributed by atoms with E-state index in [1.165, 1.54) is 19.3 Å². The van der Waals surface area contributed by atoms with Crippen molar-refractivity contribution in [3.63, 3.8) is 0 Å². The Morgan fingerprint density at radius 3 is 2.65 bits per heavy atom. The molecule has 0 aromatic heterocycles. The van der Waals surface area contributed by atoms with Crippen molar-refractivity contribution in [3.05, 3.63) is 48.0 Å². The third-order valence-corrected chi connectivity index (χ3v) is 3.65. The van der Waals surface area contributed by atoms with Crippen LogP contribution in [0.25, 0.3) is 10.8 Å². The third kappa shape index (κ3) is 3.60. The summed E-state index contributed by atoms with van der Waals surface area (Å²) in [5.74, 6) is 0.0331. The van der Waals surface area contributed by atoms with Gasteiger partial charge in [-0.3, -0.25) is 4.79 Å². The van der Waals surface area contributed by atoms with Gasteiger partial charge < -0.3 is 5.32 Å². The van der Waals surface area contributed by atoms with Crippen LogP contribution in [0.2, 0.25) is 0 Å². The Bertz CT molecular complexity index is 571. The Morgan fingerprint density at radius 1 is 1.10 bits per heavy atom. The van der Waals surface area contributed by atoms with Crippen LogP contribution < -0.4 is 5.32 Å². The second kappa shape index (κ2) is 7.09. The summed E-state index contributed by atoms with van der Waals surface area (Å²) < 4.78 is 0. The number of amides is 1. The zero-order valence-electron chi connectivity index (χ0n) is 12.4. The number of fused-ring (bicyclic) bond motifs is 1. The molecule has 0 heterocycles. The Balaban J connectivity index is 2.08. The van der Waals surface area contributed by atoms with E-state index in [1.54, 1.807) is 0 Å². The fourth-order valence-electron chi connectivity index (χ4n) is 2.50. The molecule has 1 N–H and O–H groups in total. The Morgan fingerprint density at radius 2 is 1.85 bits per heavy atom. The summed E-state index contributed by atoms with van der Waals surface area (Å²) in [7, 11) is 0. The fourth-order valence-corrected chi connectivity index (χ4v) is 2.50. The molecule has 2 nitrogen and oxygen atoms in total. The van der Waals surface area contributed by atoms with Gasteiger partial charge in [0.25, 0.3) is 5.91 Å². The highest BCUT2D eigenvalue weighted by Gasteiger charge is 2.12. The number of hydrogen-bond acceptors (Lipinski definition) is 1. The van der Waals surface area contributed by atoms with E-state index < -0.39 is 0 Å². The van der Waals surface area contributed by atoms with Crippen LogP contribution in [-0.4, -0.2) is 11.9 Å². The summed E-state index contributed by atoms with van der Waals surface area (Å²) in [6, 6.07) is 14.1. The SMILES string of the molecule is CCCCC[C@@H](C)NC(=O)c1cccc2ccccc12. The van der Waals surface area contributed by atoms with E-state index in [4.69, 9.17) is 0 Å². The van der Waals surface area contributed by atoms with Crippen molar-refractivity contribution in [1.82, 2.24) is 5.32 Å². The predicted octanol–water partition coefficient (Wildman–Crippen LogP) is 4.54. The van der Waals surface area contributed by atoms with E-state index in [0.717, 1.165) is 22.8 Å². The first-order valence-electron chi connectivity index (χ1n) is 7.51. The summed E-state index contributed by atoms with van der Waals surface area (Å²) in [5, 5.41) is 5.24. The maximum atomic E-state index is 12.4. The smallest absolute Gasteiger partial charge is 0.252 e. The molecule has 0 unspecified atom stereocenters. The minimum atomic E-state index is 0.0331. The van der Waals surface area contributed by atoms with Gasteiger partial charge >= 0.3 is 0 Å². The summed E-state index contributed by atoms with van der Waals surface area (Å²) in [5.41, 5.74) is 0.769. The molecule has 1 atom stereocenters. The average molecular weight is 269 g/mol. The highest BCUT2D eigenvalue weighted by molar-refractivity contribution is 6.07. The summed E-state index contributed by atoms with van der Waals surface area (Å²) in [6.45, 7) is 4.28. The Labute approximate surface area is 121 Å². The molecule has 0 aliphatic rings. The lowest BCUT2D eigenvalue weighted by molar-refractivity contribution is 0.0939. The minimum Gasteiger partial charge on any atom is -0.350 e. The number of carbonyl (C=O) groups is 1. The number of carbonyl (C=O) groups excluding carboxylic acids is 1. The van der Waals surface area contributed by atoms with Crippen molar-refractivity contribution in [3.8, 4) is 0 Å². The molecule has 1 amide bonds. The molecule has 20 heavy (non-hydrogen) atoms. The van der Waals surface area contributed by atoms with Gasteiger partial charge in [-0.05, 0) is 30.2 Å². The highest BCUT2D eigenvalue weighted by Crippen LogP contribution is 2.18. The summed E-state index contributed by atoms with van der Waals surface area (Å²) >= 11 is 0. The Kier molecular flexibility index (Phi) is 5.16. The third-order valence-electron chi connectivity index (χ3n) is 3.65. The molecule has 0 aliphatic heterocycles. The topological polar surface area (TPSA) is 29.1 Å². The molecule has 2 heteroatoms. The van der Waals surface area contributed by atoms with Crippen molar-refractivity contribution in [2.24, 2.45) is 0 Å². The second-order valence-electron chi connectivity index (χ2n) is 5.40. The second-order valence-corrected chi connectivity index (χ2v) is 5.40. The lowest BCUT2D eigenvalue weighted by Crippen LogP contribution is -2.32. The van der Waals surface area contributed by atoms with Gasteiger partial charge in [0.05, 0.1) is 0 Å². The largest absolute Gasteiger partial charge is 0.350 e. The van der Waals surface area contributed by atoms with Gasteiger partial charge in [0.2, 0.25) is 0 Å². The van der Waals surface area contributed by atoms with Gasteiger partial charge in [0.1, 0.15) is 0 Å². The van der Waals surface area contributed by atoms with E-state index in [1.807, 2.05) is 42.5 Å². The van der Waals surface area contributed by atoms with E-state index in [-0.39, 0.29) is 11.9 Å². The van der Waals surface area contributed by atoms with Crippen LogP contribution >= 0.6 is 0 Å².